The van der Waals surface area contributed by atoms with E-state index >= 15 is 0 Å². The lowest BCUT2D eigenvalue weighted by atomic mass is 10.2. The van der Waals surface area contributed by atoms with Crippen molar-refractivity contribution in [2.45, 2.75) is 26.4 Å². The Morgan fingerprint density at radius 3 is 1.50 bits per heavy atom. The van der Waals surface area contributed by atoms with Gasteiger partial charge in [-0.05, 0) is 20.8 Å². The van der Waals surface area contributed by atoms with Crippen LogP contribution in [0.1, 0.15) is 20.8 Å². The number of alkyl halides is 1. The fourth-order valence-electron chi connectivity index (χ4n) is 1.58. The van der Waals surface area contributed by atoms with Crippen molar-refractivity contribution in [2.75, 3.05) is 78.5 Å². The third-order valence-corrected chi connectivity index (χ3v) is 2.78. The molecule has 0 unspecified atom stereocenters. The second-order valence-corrected chi connectivity index (χ2v) is 6.56. The standard InChI is InChI=1S/C17H34ClNO7/c1-17(2,3)26-16(20)19-5-7-22-9-11-24-13-15-25-14-12-23-10-8-21-6-4-18/h4-15H2,1-3H3,(H,19,20). The van der Waals surface area contributed by atoms with Crippen molar-refractivity contribution in [3.8, 4) is 0 Å². The van der Waals surface area contributed by atoms with Crippen molar-refractivity contribution in [1.82, 2.24) is 5.32 Å². The number of hydrogen-bond acceptors (Lipinski definition) is 7. The monoisotopic (exact) mass is 399 g/mol. The van der Waals surface area contributed by atoms with Crippen LogP contribution in [-0.4, -0.2) is 90.2 Å². The Balaban J connectivity index is 3.12. The first kappa shape index (κ1) is 25.4. The van der Waals surface area contributed by atoms with Gasteiger partial charge in [0.15, 0.2) is 0 Å². The fourth-order valence-corrected chi connectivity index (χ4v) is 1.68. The molecule has 0 atom stereocenters. The van der Waals surface area contributed by atoms with E-state index in [4.69, 9.17) is 40.0 Å². The minimum absolute atomic E-state index is 0.398. The SMILES string of the molecule is CC(C)(C)OC(=O)NCCOCCOCCOCCOCCOCCCl. The number of alkyl carbamates (subject to hydrolysis) is 1. The molecule has 0 bridgehead atoms. The van der Waals surface area contributed by atoms with E-state index in [9.17, 15) is 4.79 Å². The molecule has 0 aliphatic rings. The number of hydrogen-bond donors (Lipinski definition) is 1. The highest BCUT2D eigenvalue weighted by molar-refractivity contribution is 6.17. The topological polar surface area (TPSA) is 84.5 Å². The Kier molecular flexibility index (Phi) is 17.3. The normalized spacial score (nSPS) is 11.5. The predicted octanol–water partition coefficient (Wildman–Crippen LogP) is 1.83. The minimum Gasteiger partial charge on any atom is -0.444 e. The highest BCUT2D eigenvalue weighted by Gasteiger charge is 2.15. The van der Waals surface area contributed by atoms with Crippen molar-refractivity contribution in [3.63, 3.8) is 0 Å². The molecule has 0 saturated heterocycles. The molecule has 26 heavy (non-hydrogen) atoms. The average molecular weight is 400 g/mol. The number of rotatable bonds is 17. The molecule has 9 heteroatoms. The van der Waals surface area contributed by atoms with E-state index < -0.39 is 11.7 Å². The summed E-state index contributed by atoms with van der Waals surface area (Å²) in [4.78, 5) is 11.4. The third kappa shape index (κ3) is 21.4. The first-order chi connectivity index (χ1) is 12.5. The maximum absolute atomic E-state index is 11.4. The zero-order chi connectivity index (χ0) is 19.5. The molecule has 0 saturated carbocycles. The summed E-state index contributed by atoms with van der Waals surface area (Å²) < 4.78 is 31.6. The number of ether oxygens (including phenoxy) is 6. The maximum atomic E-state index is 11.4. The molecular formula is C17H34ClNO7. The quantitative estimate of drug-likeness (QED) is 0.295. The number of halogens is 1. The van der Waals surface area contributed by atoms with Gasteiger partial charge in [-0.3, -0.25) is 0 Å². The number of carbonyl (C=O) groups excluding carboxylic acids is 1. The lowest BCUT2D eigenvalue weighted by molar-refractivity contribution is -0.0100. The number of amides is 1. The molecule has 0 heterocycles. The van der Waals surface area contributed by atoms with Crippen molar-refractivity contribution in [2.24, 2.45) is 0 Å². The van der Waals surface area contributed by atoms with E-state index in [1.807, 2.05) is 20.8 Å². The molecule has 1 N–H and O–H groups in total. The van der Waals surface area contributed by atoms with Gasteiger partial charge in [0.2, 0.25) is 0 Å². The van der Waals surface area contributed by atoms with Gasteiger partial charge >= 0.3 is 6.09 Å². The van der Waals surface area contributed by atoms with Gasteiger partial charge in [-0.1, -0.05) is 0 Å². The summed E-state index contributed by atoms with van der Waals surface area (Å²) in [7, 11) is 0. The third-order valence-electron chi connectivity index (χ3n) is 2.62. The van der Waals surface area contributed by atoms with Crippen LogP contribution in [-0.2, 0) is 28.4 Å². The Hall–Kier alpha value is -0.640. The van der Waals surface area contributed by atoms with E-state index in [0.29, 0.717) is 78.5 Å². The van der Waals surface area contributed by atoms with Crippen LogP contribution in [0.15, 0.2) is 0 Å². The zero-order valence-corrected chi connectivity index (χ0v) is 17.0. The number of carbonyl (C=O) groups is 1. The highest BCUT2D eigenvalue weighted by Crippen LogP contribution is 2.05. The summed E-state index contributed by atoms with van der Waals surface area (Å²) in [5.41, 5.74) is -0.494. The van der Waals surface area contributed by atoms with Crippen LogP contribution in [0, 0.1) is 0 Å². The molecule has 8 nitrogen and oxygen atoms in total. The molecule has 0 aliphatic carbocycles. The van der Waals surface area contributed by atoms with E-state index in [1.54, 1.807) is 0 Å². The molecule has 0 spiro atoms. The van der Waals surface area contributed by atoms with Crippen molar-refractivity contribution >= 4 is 17.7 Å². The molecule has 0 radical (unpaired) electrons. The summed E-state index contributed by atoms with van der Waals surface area (Å²) >= 11 is 5.47. The second-order valence-electron chi connectivity index (χ2n) is 6.18. The molecule has 0 aromatic heterocycles. The Bertz CT molecular complexity index is 327. The van der Waals surface area contributed by atoms with Gasteiger partial charge in [-0.2, -0.15) is 0 Å². The zero-order valence-electron chi connectivity index (χ0n) is 16.2. The van der Waals surface area contributed by atoms with Crippen molar-refractivity contribution in [3.05, 3.63) is 0 Å². The molecule has 1 amide bonds. The highest BCUT2D eigenvalue weighted by atomic mass is 35.5. The molecule has 0 aromatic carbocycles. The molecule has 0 aliphatic heterocycles. The summed E-state index contributed by atoms with van der Waals surface area (Å²) in [5.74, 6) is 0.497. The van der Waals surface area contributed by atoms with E-state index in [2.05, 4.69) is 5.32 Å². The second kappa shape index (κ2) is 17.8. The van der Waals surface area contributed by atoms with Gasteiger partial charge in [0.25, 0.3) is 0 Å². The summed E-state index contributed by atoms with van der Waals surface area (Å²) in [6.07, 6.45) is -0.443. The maximum Gasteiger partial charge on any atom is 0.407 e. The molecule has 0 fully saturated rings. The Morgan fingerprint density at radius 1 is 0.731 bits per heavy atom. The van der Waals surface area contributed by atoms with Gasteiger partial charge in [-0.25, -0.2) is 4.79 Å². The molecule has 156 valence electrons. The fraction of sp³-hybridized carbons (Fsp3) is 0.941. The van der Waals surface area contributed by atoms with Gasteiger partial charge < -0.3 is 33.7 Å². The van der Waals surface area contributed by atoms with Gasteiger partial charge in [0.05, 0.1) is 66.1 Å². The largest absolute Gasteiger partial charge is 0.444 e. The Labute approximate surface area is 161 Å². The van der Waals surface area contributed by atoms with Gasteiger partial charge in [0.1, 0.15) is 5.60 Å². The van der Waals surface area contributed by atoms with E-state index in [-0.39, 0.29) is 0 Å². The number of nitrogens with one attached hydrogen (secondary N) is 1. The summed E-state index contributed by atoms with van der Waals surface area (Å²) in [6.45, 7) is 10.9. The lowest BCUT2D eigenvalue weighted by Gasteiger charge is -2.19. The van der Waals surface area contributed by atoms with Gasteiger partial charge in [-0.15, -0.1) is 11.6 Å². The first-order valence-corrected chi connectivity index (χ1v) is 9.40. The van der Waals surface area contributed by atoms with Crippen LogP contribution < -0.4 is 5.32 Å². The van der Waals surface area contributed by atoms with Crippen molar-refractivity contribution < 1.29 is 33.2 Å². The summed E-state index contributed by atoms with van der Waals surface area (Å²) in [5, 5.41) is 2.62. The van der Waals surface area contributed by atoms with Crippen molar-refractivity contribution in [1.29, 1.82) is 0 Å². The lowest BCUT2D eigenvalue weighted by Crippen LogP contribution is -2.34. The minimum atomic E-state index is -0.494. The molecular weight excluding hydrogens is 366 g/mol. The Morgan fingerprint density at radius 2 is 1.12 bits per heavy atom. The summed E-state index contributed by atoms with van der Waals surface area (Å²) in [6, 6.07) is 0. The van der Waals surface area contributed by atoms with E-state index in [1.165, 1.54) is 0 Å². The van der Waals surface area contributed by atoms with Crippen LogP contribution >= 0.6 is 11.6 Å². The molecule has 0 rings (SSSR count). The van der Waals surface area contributed by atoms with Crippen LogP contribution in [0.4, 0.5) is 4.79 Å². The molecule has 0 aromatic rings. The van der Waals surface area contributed by atoms with Crippen LogP contribution in [0.3, 0.4) is 0 Å². The van der Waals surface area contributed by atoms with Gasteiger partial charge in [0, 0.05) is 12.4 Å². The van der Waals surface area contributed by atoms with Crippen LogP contribution in [0.5, 0.6) is 0 Å². The average Bonchev–Trinajstić information content (AvgIpc) is 2.56. The first-order valence-electron chi connectivity index (χ1n) is 8.87. The van der Waals surface area contributed by atoms with Crippen LogP contribution in [0.25, 0.3) is 0 Å². The predicted molar refractivity (Wildman–Crippen MR) is 99.1 cm³/mol. The van der Waals surface area contributed by atoms with E-state index in [0.717, 1.165) is 0 Å². The van der Waals surface area contributed by atoms with Crippen LogP contribution in [0.2, 0.25) is 0 Å². The smallest absolute Gasteiger partial charge is 0.407 e.